The van der Waals surface area contributed by atoms with E-state index in [2.05, 4.69) is 15.3 Å². The van der Waals surface area contributed by atoms with Crippen molar-refractivity contribution in [3.05, 3.63) is 33.6 Å². The van der Waals surface area contributed by atoms with Gasteiger partial charge in [-0.25, -0.2) is 14.8 Å². The van der Waals surface area contributed by atoms with E-state index in [1.54, 1.807) is 30.5 Å². The quantitative estimate of drug-likeness (QED) is 0.623. The fraction of sp³-hybridized carbons (Fsp3) is 0.333. The number of urea groups is 1. The highest BCUT2D eigenvalue weighted by atomic mass is 35.5. The Balaban J connectivity index is 1.49. The summed E-state index contributed by atoms with van der Waals surface area (Å²) in [6.45, 7) is 2.58. The summed E-state index contributed by atoms with van der Waals surface area (Å²) in [5.74, 6) is -0.971. The van der Waals surface area contributed by atoms with Crippen LogP contribution >= 0.6 is 34.5 Å². The SMILES string of the molecule is CC(=O)CN1C(=O)C2C(N=CN2[C@@H](C)C(=O)Nc2csc(-c3ccc(Cl)c(Cl)c3)n2)N(C)C1=O. The number of nitrogens with one attached hydrogen (secondary N) is 1. The summed E-state index contributed by atoms with van der Waals surface area (Å²) in [6.07, 6.45) is 0.611. The van der Waals surface area contributed by atoms with Crippen LogP contribution in [0.4, 0.5) is 10.6 Å². The number of carbonyl (C=O) groups excluding carboxylic acids is 4. The highest BCUT2D eigenvalue weighted by Gasteiger charge is 2.51. The number of hydrogen-bond acceptors (Lipinski definition) is 8. The van der Waals surface area contributed by atoms with Gasteiger partial charge in [-0.15, -0.1) is 11.3 Å². The van der Waals surface area contributed by atoms with Crippen LogP contribution in [0, 0.1) is 0 Å². The molecule has 1 saturated heterocycles. The number of Topliss-reactive ketones (excluding diaryl/α,β-unsaturated/α-hetero) is 1. The molecule has 3 atom stereocenters. The lowest BCUT2D eigenvalue weighted by Gasteiger charge is -2.41. The van der Waals surface area contributed by atoms with Crippen molar-refractivity contribution in [2.45, 2.75) is 32.1 Å². The first-order chi connectivity index (χ1) is 16.1. The molecule has 2 aromatic rings. The Morgan fingerprint density at radius 3 is 2.65 bits per heavy atom. The van der Waals surface area contributed by atoms with E-state index in [0.29, 0.717) is 20.9 Å². The molecule has 1 aromatic heterocycles. The second kappa shape index (κ2) is 9.32. The Morgan fingerprint density at radius 1 is 1.24 bits per heavy atom. The number of amides is 4. The van der Waals surface area contributed by atoms with Crippen LogP contribution in [0.1, 0.15) is 13.8 Å². The van der Waals surface area contributed by atoms with E-state index >= 15 is 0 Å². The first-order valence-corrected chi connectivity index (χ1v) is 11.8. The zero-order valence-corrected chi connectivity index (χ0v) is 20.7. The highest BCUT2D eigenvalue weighted by Crippen LogP contribution is 2.32. The van der Waals surface area contributed by atoms with Crippen molar-refractivity contribution in [1.82, 2.24) is 19.7 Å². The molecule has 2 unspecified atom stereocenters. The van der Waals surface area contributed by atoms with Gasteiger partial charge >= 0.3 is 6.03 Å². The Morgan fingerprint density at radius 2 is 1.97 bits per heavy atom. The van der Waals surface area contributed by atoms with Gasteiger partial charge in [-0.2, -0.15) is 0 Å². The maximum absolute atomic E-state index is 13.0. The van der Waals surface area contributed by atoms with E-state index in [0.717, 1.165) is 10.5 Å². The van der Waals surface area contributed by atoms with Gasteiger partial charge in [0.2, 0.25) is 5.91 Å². The molecule has 0 saturated carbocycles. The monoisotopic (exact) mass is 522 g/mol. The van der Waals surface area contributed by atoms with Gasteiger partial charge in [-0.1, -0.05) is 29.3 Å². The van der Waals surface area contributed by atoms with E-state index in [9.17, 15) is 19.2 Å². The Kier molecular flexibility index (Phi) is 6.61. The van der Waals surface area contributed by atoms with Gasteiger partial charge in [-0.3, -0.25) is 19.3 Å². The van der Waals surface area contributed by atoms with E-state index in [-0.39, 0.29) is 12.3 Å². The maximum Gasteiger partial charge on any atom is 0.328 e. The minimum absolute atomic E-state index is 0.328. The number of benzene rings is 1. The summed E-state index contributed by atoms with van der Waals surface area (Å²) in [5, 5.41) is 5.91. The number of thiazole rings is 1. The van der Waals surface area contributed by atoms with Crippen LogP contribution in [0.5, 0.6) is 0 Å². The average Bonchev–Trinajstić information content (AvgIpc) is 3.44. The van der Waals surface area contributed by atoms with Gasteiger partial charge in [0.1, 0.15) is 22.7 Å². The third kappa shape index (κ3) is 4.38. The van der Waals surface area contributed by atoms with Crippen molar-refractivity contribution in [3.63, 3.8) is 0 Å². The fourth-order valence-corrected chi connectivity index (χ4v) is 4.79. The normalized spacial score (nSPS) is 20.6. The Bertz CT molecular complexity index is 1220. The van der Waals surface area contributed by atoms with Crippen LogP contribution in [-0.2, 0) is 14.4 Å². The van der Waals surface area contributed by atoms with E-state index in [1.807, 2.05) is 0 Å². The lowest BCUT2D eigenvalue weighted by Crippen LogP contribution is -2.66. The lowest BCUT2D eigenvalue weighted by molar-refractivity contribution is -0.141. The summed E-state index contributed by atoms with van der Waals surface area (Å²) >= 11 is 13.4. The fourth-order valence-electron chi connectivity index (χ4n) is 3.75. The number of anilines is 1. The minimum Gasteiger partial charge on any atom is -0.335 e. The van der Waals surface area contributed by atoms with Crippen LogP contribution in [0.25, 0.3) is 10.6 Å². The zero-order chi connectivity index (χ0) is 24.7. The molecular weight excluding hydrogens is 503 g/mol. The third-order valence-corrected chi connectivity index (χ3v) is 7.16. The predicted molar refractivity (Wildman–Crippen MR) is 129 cm³/mol. The van der Waals surface area contributed by atoms with Gasteiger partial charge in [0.05, 0.1) is 22.9 Å². The number of hydrogen-bond donors (Lipinski definition) is 1. The second-order valence-corrected chi connectivity index (χ2v) is 9.59. The lowest BCUT2D eigenvalue weighted by atomic mass is 10.1. The largest absolute Gasteiger partial charge is 0.335 e. The molecule has 0 aliphatic carbocycles. The highest BCUT2D eigenvalue weighted by molar-refractivity contribution is 7.13. The number of nitrogens with zero attached hydrogens (tertiary/aromatic N) is 5. The minimum atomic E-state index is -0.912. The molecule has 1 fully saturated rings. The Labute approximate surface area is 209 Å². The smallest absolute Gasteiger partial charge is 0.328 e. The number of likely N-dealkylation sites (N-methyl/N-ethyl adjacent to an activating group) is 1. The number of rotatable bonds is 6. The average molecular weight is 523 g/mol. The van der Waals surface area contributed by atoms with E-state index < -0.39 is 36.1 Å². The molecule has 2 aliphatic heterocycles. The third-order valence-electron chi connectivity index (χ3n) is 5.53. The van der Waals surface area contributed by atoms with Gasteiger partial charge in [0, 0.05) is 18.0 Å². The van der Waals surface area contributed by atoms with Gasteiger partial charge in [0.25, 0.3) is 5.91 Å². The van der Waals surface area contributed by atoms with E-state index in [1.165, 1.54) is 41.4 Å². The number of imide groups is 1. The summed E-state index contributed by atoms with van der Waals surface area (Å²) < 4.78 is 0. The molecular formula is C21H20Cl2N6O4S. The number of carbonyl (C=O) groups is 4. The van der Waals surface area contributed by atoms with Gasteiger partial charge < -0.3 is 15.1 Å². The van der Waals surface area contributed by atoms with Crippen molar-refractivity contribution >= 4 is 70.3 Å². The van der Waals surface area contributed by atoms with Crippen LogP contribution in [0.2, 0.25) is 10.0 Å². The second-order valence-electron chi connectivity index (χ2n) is 7.92. The molecule has 2 aliphatic rings. The molecule has 10 nitrogen and oxygen atoms in total. The van der Waals surface area contributed by atoms with E-state index in [4.69, 9.17) is 23.2 Å². The molecule has 1 N–H and O–H groups in total. The molecule has 3 heterocycles. The van der Waals surface area contributed by atoms with Crippen molar-refractivity contribution in [3.8, 4) is 10.6 Å². The van der Waals surface area contributed by atoms with Crippen molar-refractivity contribution < 1.29 is 19.2 Å². The van der Waals surface area contributed by atoms with Crippen molar-refractivity contribution in [2.75, 3.05) is 18.9 Å². The molecule has 13 heteroatoms. The van der Waals surface area contributed by atoms with Crippen LogP contribution in [0.15, 0.2) is 28.6 Å². The first kappa shape index (κ1) is 24.1. The molecule has 4 amide bonds. The molecule has 0 bridgehead atoms. The van der Waals surface area contributed by atoms with Gasteiger partial charge in [-0.05, 0) is 26.0 Å². The Hall–Kier alpha value is -3.02. The predicted octanol–water partition coefficient (Wildman–Crippen LogP) is 2.97. The summed E-state index contributed by atoms with van der Waals surface area (Å²) in [7, 11) is 1.50. The number of aliphatic imine (C=N–C) groups is 1. The number of fused-ring (bicyclic) bond motifs is 1. The molecule has 34 heavy (non-hydrogen) atoms. The van der Waals surface area contributed by atoms with Crippen molar-refractivity contribution in [1.29, 1.82) is 0 Å². The zero-order valence-electron chi connectivity index (χ0n) is 18.4. The van der Waals surface area contributed by atoms with Crippen LogP contribution in [-0.4, -0.2) is 81.5 Å². The summed E-state index contributed by atoms with van der Waals surface area (Å²) in [6, 6.07) is 2.82. The topological polar surface area (TPSA) is 115 Å². The first-order valence-electron chi connectivity index (χ1n) is 10.2. The van der Waals surface area contributed by atoms with Crippen LogP contribution in [0.3, 0.4) is 0 Å². The van der Waals surface area contributed by atoms with Crippen LogP contribution < -0.4 is 5.32 Å². The molecule has 1 aromatic carbocycles. The maximum atomic E-state index is 13.0. The summed E-state index contributed by atoms with van der Waals surface area (Å²) in [4.78, 5) is 62.5. The molecule has 0 spiro atoms. The molecule has 0 radical (unpaired) electrons. The van der Waals surface area contributed by atoms with Gasteiger partial charge in [0.15, 0.2) is 12.2 Å². The summed E-state index contributed by atoms with van der Waals surface area (Å²) in [5.41, 5.74) is 0.758. The molecule has 178 valence electrons. The number of aromatic nitrogens is 1. The standard InChI is InChI=1S/C21H20Cl2N6O4S/c1-10(30)7-28-20(32)16-17(27(3)21(28)33)24-9-29(16)11(2)18(31)25-15-8-34-19(26-15)12-4-5-13(22)14(23)6-12/h4-6,8-9,11,16-17H,7H2,1-3H3,(H,25,31)/t11-,16?,17?/m0/s1. The number of halogens is 2. The molecule has 4 rings (SSSR count). The number of ketones is 1. The van der Waals surface area contributed by atoms with Crippen molar-refractivity contribution in [2.24, 2.45) is 4.99 Å².